The summed E-state index contributed by atoms with van der Waals surface area (Å²) < 4.78 is 12.2. The van der Waals surface area contributed by atoms with E-state index in [1.165, 1.54) is 0 Å². The molecule has 0 bridgehead atoms. The molecule has 0 unspecified atom stereocenters. The van der Waals surface area contributed by atoms with Gasteiger partial charge < -0.3 is 9.47 Å². The van der Waals surface area contributed by atoms with Gasteiger partial charge in [-0.15, -0.1) is 0 Å². The van der Waals surface area contributed by atoms with Crippen LogP contribution in [0.4, 0.5) is 0 Å². The number of pyridine rings is 2. The summed E-state index contributed by atoms with van der Waals surface area (Å²) in [7, 11) is 0. The first-order valence-corrected chi connectivity index (χ1v) is 16.1. The molecule has 4 aromatic carbocycles. The van der Waals surface area contributed by atoms with Crippen molar-refractivity contribution in [3.8, 4) is 0 Å². The van der Waals surface area contributed by atoms with Crippen LogP contribution in [0.25, 0.3) is 0 Å². The van der Waals surface area contributed by atoms with E-state index in [9.17, 15) is 9.59 Å². The van der Waals surface area contributed by atoms with Crippen LogP contribution in [-0.2, 0) is 30.3 Å². The maximum Gasteiger partial charge on any atom is 0.334 e. The van der Waals surface area contributed by atoms with Crippen LogP contribution in [0, 0.1) is 0 Å². The molecule has 0 aliphatic heterocycles. The van der Waals surface area contributed by atoms with Crippen LogP contribution in [0.15, 0.2) is 195 Å². The Balaban J connectivity index is 0.000000194. The number of nitrogens with zero attached hydrogens (tertiary/aromatic N) is 2. The first kappa shape index (κ1) is 34.9. The van der Waals surface area contributed by atoms with E-state index in [1.54, 1.807) is 38.6 Å². The molecule has 50 heavy (non-hydrogen) atoms. The highest BCUT2D eigenvalue weighted by atomic mass is 16.6. The molecule has 0 radical (unpaired) electrons. The van der Waals surface area contributed by atoms with E-state index in [2.05, 4.69) is 23.1 Å². The predicted octanol–water partition coefficient (Wildman–Crippen LogP) is 8.99. The van der Waals surface area contributed by atoms with Gasteiger partial charge in [0.15, 0.2) is 11.2 Å². The van der Waals surface area contributed by atoms with Crippen molar-refractivity contribution >= 4 is 11.9 Å². The fourth-order valence-corrected chi connectivity index (χ4v) is 5.67. The monoisotopic (exact) mass is 658 g/mol. The summed E-state index contributed by atoms with van der Waals surface area (Å²) in [4.78, 5) is 33.3. The molecule has 0 N–H and O–H groups in total. The van der Waals surface area contributed by atoms with Gasteiger partial charge in [0.05, 0.1) is 0 Å². The molecule has 0 aliphatic carbocycles. The topological polar surface area (TPSA) is 78.4 Å². The van der Waals surface area contributed by atoms with Crippen molar-refractivity contribution in [2.75, 3.05) is 0 Å². The third kappa shape index (κ3) is 7.50. The first-order valence-electron chi connectivity index (χ1n) is 16.1. The minimum atomic E-state index is -1.07. The van der Waals surface area contributed by atoms with Crippen LogP contribution >= 0.6 is 0 Å². The van der Waals surface area contributed by atoms with Gasteiger partial charge in [-0.05, 0) is 38.1 Å². The Morgan fingerprint density at radius 1 is 0.420 bits per heavy atom. The number of rotatable bonds is 10. The highest BCUT2D eigenvalue weighted by Gasteiger charge is 2.42. The van der Waals surface area contributed by atoms with E-state index in [1.807, 2.05) is 146 Å². The molecule has 6 heteroatoms. The van der Waals surface area contributed by atoms with Crippen molar-refractivity contribution in [3.05, 3.63) is 228 Å². The molecule has 248 valence electrons. The molecule has 6 aromatic rings. The minimum Gasteiger partial charge on any atom is -0.441 e. The Morgan fingerprint density at radius 3 is 0.860 bits per heavy atom. The summed E-state index contributed by atoms with van der Waals surface area (Å²) >= 11 is 0. The van der Waals surface area contributed by atoms with Crippen LogP contribution in [0.5, 0.6) is 0 Å². The number of carbonyl (C=O) groups is 2. The standard InChI is InChI=1S/2C22H19NO2/c2*1-17(2)21(24)25-22(18-9-5-3-6-10-18,19-11-7-4-8-12-19)20-13-15-23-16-14-20/h2*3-16H,1H2,2H3. The average Bonchev–Trinajstić information content (AvgIpc) is 3.18. The van der Waals surface area contributed by atoms with E-state index in [-0.39, 0.29) is 0 Å². The number of esters is 2. The highest BCUT2D eigenvalue weighted by Crippen LogP contribution is 2.42. The van der Waals surface area contributed by atoms with Crippen molar-refractivity contribution in [3.63, 3.8) is 0 Å². The van der Waals surface area contributed by atoms with Gasteiger partial charge in [0.25, 0.3) is 0 Å². The van der Waals surface area contributed by atoms with Gasteiger partial charge in [-0.3, -0.25) is 9.97 Å². The van der Waals surface area contributed by atoms with Gasteiger partial charge >= 0.3 is 11.9 Å². The lowest BCUT2D eigenvalue weighted by Gasteiger charge is -2.35. The van der Waals surface area contributed by atoms with Gasteiger partial charge in [0.2, 0.25) is 0 Å². The van der Waals surface area contributed by atoms with Crippen molar-refractivity contribution in [1.29, 1.82) is 0 Å². The molecular weight excluding hydrogens is 620 g/mol. The summed E-state index contributed by atoms with van der Waals surface area (Å²) in [5, 5.41) is 0. The van der Waals surface area contributed by atoms with E-state index in [0.717, 1.165) is 33.4 Å². The third-order valence-corrected chi connectivity index (χ3v) is 8.08. The molecule has 0 saturated carbocycles. The molecule has 6 rings (SSSR count). The Labute approximate surface area is 293 Å². The van der Waals surface area contributed by atoms with E-state index in [4.69, 9.17) is 9.47 Å². The SMILES string of the molecule is C=C(C)C(=O)OC(c1ccccc1)(c1ccccc1)c1ccncc1.C=C(C)C(=O)OC(c1ccccc1)(c1ccccc1)c1ccncc1. The zero-order valence-electron chi connectivity index (χ0n) is 28.1. The van der Waals surface area contributed by atoms with Crippen LogP contribution in [0.3, 0.4) is 0 Å². The second-order valence-electron chi connectivity index (χ2n) is 11.6. The molecule has 0 fully saturated rings. The first-order chi connectivity index (χ1) is 24.3. The minimum absolute atomic E-state index is 0.352. The summed E-state index contributed by atoms with van der Waals surface area (Å²) in [6, 6.07) is 46.3. The van der Waals surface area contributed by atoms with Gasteiger partial charge in [-0.2, -0.15) is 0 Å². The molecule has 2 heterocycles. The lowest BCUT2D eigenvalue weighted by atomic mass is 9.80. The Bertz CT molecular complexity index is 1670. The summed E-state index contributed by atoms with van der Waals surface area (Å²) in [6.07, 6.45) is 6.80. The highest BCUT2D eigenvalue weighted by molar-refractivity contribution is 5.88. The van der Waals surface area contributed by atoms with Gasteiger partial charge in [0, 0.05) is 69.3 Å². The van der Waals surface area contributed by atoms with Crippen molar-refractivity contribution in [2.45, 2.75) is 25.0 Å². The summed E-state index contributed by atoms with van der Waals surface area (Å²) in [6.45, 7) is 10.8. The molecule has 6 nitrogen and oxygen atoms in total. The number of ether oxygens (including phenoxy) is 2. The average molecular weight is 659 g/mol. The third-order valence-electron chi connectivity index (χ3n) is 8.08. The quantitative estimate of drug-likeness (QED) is 0.108. The molecule has 0 saturated heterocycles. The fourth-order valence-electron chi connectivity index (χ4n) is 5.67. The Morgan fingerprint density at radius 2 is 0.640 bits per heavy atom. The normalized spacial score (nSPS) is 10.9. The zero-order valence-corrected chi connectivity index (χ0v) is 28.1. The molecule has 0 spiro atoms. The largest absolute Gasteiger partial charge is 0.441 e. The number of benzene rings is 4. The van der Waals surface area contributed by atoms with Crippen LogP contribution in [0.1, 0.15) is 47.2 Å². The molecule has 0 aliphatic rings. The Kier molecular flexibility index (Phi) is 11.3. The summed E-state index contributed by atoms with van der Waals surface area (Å²) in [5.41, 5.74) is 3.68. The molecule has 0 amide bonds. The maximum atomic E-state index is 12.5. The lowest BCUT2D eigenvalue weighted by Crippen LogP contribution is -2.35. The fraction of sp³-hybridized carbons (Fsp3) is 0.0909. The zero-order chi connectivity index (χ0) is 35.4. The van der Waals surface area contributed by atoms with E-state index in [0.29, 0.717) is 11.1 Å². The van der Waals surface area contributed by atoms with Gasteiger partial charge in [-0.25, -0.2) is 9.59 Å². The number of carbonyl (C=O) groups excluding carboxylic acids is 2. The Hall–Kier alpha value is -6.40. The van der Waals surface area contributed by atoms with Crippen molar-refractivity contribution in [2.24, 2.45) is 0 Å². The van der Waals surface area contributed by atoms with Crippen LogP contribution in [-0.4, -0.2) is 21.9 Å². The number of aromatic nitrogens is 2. The molecular formula is C44H38N2O4. The smallest absolute Gasteiger partial charge is 0.334 e. The van der Waals surface area contributed by atoms with E-state index >= 15 is 0 Å². The number of hydrogen-bond donors (Lipinski definition) is 0. The van der Waals surface area contributed by atoms with Crippen LogP contribution < -0.4 is 0 Å². The molecule has 2 aromatic heterocycles. The molecule has 0 atom stereocenters. The predicted molar refractivity (Wildman–Crippen MR) is 196 cm³/mol. The maximum absolute atomic E-state index is 12.5. The van der Waals surface area contributed by atoms with Gasteiger partial charge in [-0.1, -0.05) is 134 Å². The van der Waals surface area contributed by atoms with Crippen molar-refractivity contribution < 1.29 is 19.1 Å². The van der Waals surface area contributed by atoms with Crippen LogP contribution in [0.2, 0.25) is 0 Å². The van der Waals surface area contributed by atoms with E-state index < -0.39 is 23.1 Å². The lowest BCUT2D eigenvalue weighted by molar-refractivity contribution is -0.149. The summed E-state index contributed by atoms with van der Waals surface area (Å²) in [5.74, 6) is -0.881. The van der Waals surface area contributed by atoms with Gasteiger partial charge in [0.1, 0.15) is 0 Å². The second kappa shape index (κ2) is 16.1. The number of hydrogen-bond acceptors (Lipinski definition) is 6. The second-order valence-corrected chi connectivity index (χ2v) is 11.6. The van der Waals surface area contributed by atoms with Crippen molar-refractivity contribution in [1.82, 2.24) is 9.97 Å².